The number of aliphatic hydroxyl groups excluding tert-OH is 1. The van der Waals surface area contributed by atoms with Gasteiger partial charge in [-0.2, -0.15) is 0 Å². The number of hydrogen-bond acceptors (Lipinski definition) is 7. The maximum atomic E-state index is 13.3. The molecule has 1 saturated heterocycles. The Labute approximate surface area is 207 Å². The number of ether oxygens (including phenoxy) is 2. The van der Waals surface area contributed by atoms with Crippen LogP contribution in [-0.2, 0) is 9.59 Å². The molecular formula is C27H24N2O7. The Kier molecular flexibility index (Phi) is 7.00. The third-order valence-electron chi connectivity index (χ3n) is 5.80. The molecular weight excluding hydrogens is 464 g/mol. The molecule has 36 heavy (non-hydrogen) atoms. The second kappa shape index (κ2) is 10.3. The van der Waals surface area contributed by atoms with E-state index in [1.54, 1.807) is 48.5 Å². The van der Waals surface area contributed by atoms with Gasteiger partial charge in [0.05, 0.1) is 30.3 Å². The van der Waals surface area contributed by atoms with Crippen molar-refractivity contribution in [2.45, 2.75) is 19.4 Å². The quantitative estimate of drug-likeness (QED) is 0.155. The number of ketones is 1. The van der Waals surface area contributed by atoms with Gasteiger partial charge in [-0.15, -0.1) is 0 Å². The molecule has 9 nitrogen and oxygen atoms in total. The van der Waals surface area contributed by atoms with Crippen LogP contribution in [0.15, 0.2) is 78.4 Å². The SMILES string of the molecule is CCCOc1ccc(C2/C(=C(\O)c3ccc([N+](=O)[O-])cc3)C(=O)C(=O)N2c2cccc(OC)c2)cc1. The first-order chi connectivity index (χ1) is 17.3. The molecule has 0 saturated carbocycles. The number of amides is 1. The molecule has 1 fully saturated rings. The number of benzene rings is 3. The zero-order valence-electron chi connectivity index (χ0n) is 19.7. The average Bonchev–Trinajstić information content (AvgIpc) is 3.17. The van der Waals surface area contributed by atoms with Crippen LogP contribution in [0.3, 0.4) is 0 Å². The van der Waals surface area contributed by atoms with Crippen LogP contribution in [0, 0.1) is 10.1 Å². The Morgan fingerprint density at radius 2 is 1.72 bits per heavy atom. The smallest absolute Gasteiger partial charge is 0.300 e. The first-order valence-corrected chi connectivity index (χ1v) is 11.3. The van der Waals surface area contributed by atoms with E-state index in [-0.39, 0.29) is 16.8 Å². The van der Waals surface area contributed by atoms with E-state index >= 15 is 0 Å². The van der Waals surface area contributed by atoms with Crippen LogP contribution in [-0.4, -0.2) is 35.4 Å². The van der Waals surface area contributed by atoms with Crippen LogP contribution in [0.4, 0.5) is 11.4 Å². The lowest BCUT2D eigenvalue weighted by molar-refractivity contribution is -0.384. The summed E-state index contributed by atoms with van der Waals surface area (Å²) in [6.45, 7) is 2.54. The molecule has 0 aromatic heterocycles. The fourth-order valence-electron chi connectivity index (χ4n) is 4.04. The van der Waals surface area contributed by atoms with Crippen molar-refractivity contribution in [2.75, 3.05) is 18.6 Å². The molecule has 1 unspecified atom stereocenters. The standard InChI is InChI=1S/C27H24N2O7/c1-3-15-36-21-13-9-17(10-14-21)24-23(25(30)18-7-11-19(12-8-18)29(33)34)26(31)27(32)28(24)20-5-4-6-22(16-20)35-2/h4-14,16,24,30H,3,15H2,1-2H3/b25-23+. The first-order valence-electron chi connectivity index (χ1n) is 11.3. The summed E-state index contributed by atoms with van der Waals surface area (Å²) in [4.78, 5) is 38.3. The fraction of sp³-hybridized carbons (Fsp3) is 0.185. The first kappa shape index (κ1) is 24.5. The maximum absolute atomic E-state index is 13.3. The van der Waals surface area contributed by atoms with Gasteiger partial charge in [-0.05, 0) is 48.4 Å². The highest BCUT2D eigenvalue weighted by Gasteiger charge is 2.47. The lowest BCUT2D eigenvalue weighted by Gasteiger charge is -2.26. The van der Waals surface area contributed by atoms with Gasteiger partial charge < -0.3 is 14.6 Å². The Bertz CT molecular complexity index is 1330. The predicted molar refractivity (Wildman–Crippen MR) is 133 cm³/mol. The lowest BCUT2D eigenvalue weighted by Crippen LogP contribution is -2.29. The normalized spacial score (nSPS) is 16.7. The van der Waals surface area contributed by atoms with Crippen LogP contribution in [0.1, 0.15) is 30.5 Å². The molecule has 9 heteroatoms. The van der Waals surface area contributed by atoms with Crippen molar-refractivity contribution in [3.63, 3.8) is 0 Å². The van der Waals surface area contributed by atoms with E-state index in [9.17, 15) is 24.8 Å². The number of rotatable bonds is 8. The molecule has 0 spiro atoms. The van der Waals surface area contributed by atoms with E-state index in [1.807, 2.05) is 6.92 Å². The number of hydrogen-bond donors (Lipinski definition) is 1. The van der Waals surface area contributed by atoms with E-state index in [2.05, 4.69) is 0 Å². The van der Waals surface area contributed by atoms with Crippen molar-refractivity contribution in [1.82, 2.24) is 0 Å². The Hall–Kier alpha value is -4.66. The van der Waals surface area contributed by atoms with Crippen LogP contribution in [0.2, 0.25) is 0 Å². The van der Waals surface area contributed by atoms with Gasteiger partial charge in [0.15, 0.2) is 0 Å². The minimum absolute atomic E-state index is 0.126. The summed E-state index contributed by atoms with van der Waals surface area (Å²) in [6, 6.07) is 17.8. The van der Waals surface area contributed by atoms with Gasteiger partial charge in [-0.3, -0.25) is 24.6 Å². The molecule has 184 valence electrons. The molecule has 1 aliphatic rings. The zero-order valence-corrected chi connectivity index (χ0v) is 19.7. The number of carbonyl (C=O) groups is 2. The number of aliphatic hydroxyl groups is 1. The summed E-state index contributed by atoms with van der Waals surface area (Å²) in [6.07, 6.45) is 0.840. The number of non-ortho nitro benzene ring substituents is 1. The summed E-state index contributed by atoms with van der Waals surface area (Å²) in [7, 11) is 1.49. The Balaban J connectivity index is 1.86. The van der Waals surface area contributed by atoms with Crippen molar-refractivity contribution < 1.29 is 29.1 Å². The van der Waals surface area contributed by atoms with E-state index in [0.717, 1.165) is 6.42 Å². The van der Waals surface area contributed by atoms with Crippen LogP contribution in [0.5, 0.6) is 11.5 Å². The number of methoxy groups -OCH3 is 1. The molecule has 1 heterocycles. The molecule has 0 radical (unpaired) electrons. The van der Waals surface area contributed by atoms with Crippen molar-refractivity contribution in [2.24, 2.45) is 0 Å². The zero-order chi connectivity index (χ0) is 25.8. The van der Waals surface area contributed by atoms with Gasteiger partial charge >= 0.3 is 0 Å². The summed E-state index contributed by atoms with van der Waals surface area (Å²) in [5.74, 6) is -0.987. The molecule has 4 rings (SSSR count). The third kappa shape index (κ3) is 4.63. The highest BCUT2D eigenvalue weighted by molar-refractivity contribution is 6.51. The van der Waals surface area contributed by atoms with E-state index in [4.69, 9.17) is 9.47 Å². The average molecular weight is 488 g/mol. The third-order valence-corrected chi connectivity index (χ3v) is 5.80. The van der Waals surface area contributed by atoms with Gasteiger partial charge in [-0.25, -0.2) is 0 Å². The predicted octanol–water partition coefficient (Wildman–Crippen LogP) is 5.02. The molecule has 0 aliphatic carbocycles. The largest absolute Gasteiger partial charge is 0.507 e. The monoisotopic (exact) mass is 488 g/mol. The van der Waals surface area contributed by atoms with E-state index in [1.165, 1.54) is 36.3 Å². The minimum Gasteiger partial charge on any atom is -0.507 e. The summed E-state index contributed by atoms with van der Waals surface area (Å²) < 4.78 is 10.9. The second-order valence-corrected chi connectivity index (χ2v) is 8.09. The highest BCUT2D eigenvalue weighted by Crippen LogP contribution is 2.43. The molecule has 1 atom stereocenters. The topological polar surface area (TPSA) is 119 Å². The van der Waals surface area contributed by atoms with E-state index in [0.29, 0.717) is 29.4 Å². The number of anilines is 1. The van der Waals surface area contributed by atoms with Gasteiger partial charge in [0.2, 0.25) is 0 Å². The summed E-state index contributed by atoms with van der Waals surface area (Å²) in [5, 5.41) is 22.2. The van der Waals surface area contributed by atoms with Crippen LogP contribution in [0.25, 0.3) is 5.76 Å². The van der Waals surface area contributed by atoms with Crippen LogP contribution >= 0.6 is 0 Å². The number of carbonyl (C=O) groups excluding carboxylic acids is 2. The fourth-order valence-corrected chi connectivity index (χ4v) is 4.04. The number of nitro groups is 1. The minimum atomic E-state index is -0.951. The summed E-state index contributed by atoms with van der Waals surface area (Å²) in [5.41, 5.74) is 0.874. The molecule has 1 aliphatic heterocycles. The number of nitrogens with zero attached hydrogens (tertiary/aromatic N) is 2. The number of nitro benzene ring substituents is 1. The number of Topliss-reactive ketones (excluding diaryl/α,β-unsaturated/α-hetero) is 1. The van der Waals surface area contributed by atoms with Gasteiger partial charge in [0, 0.05) is 29.4 Å². The van der Waals surface area contributed by atoms with Crippen molar-refractivity contribution in [3.05, 3.63) is 99.6 Å². The summed E-state index contributed by atoms with van der Waals surface area (Å²) >= 11 is 0. The van der Waals surface area contributed by atoms with Gasteiger partial charge in [-0.1, -0.05) is 25.1 Å². The Morgan fingerprint density at radius 3 is 2.33 bits per heavy atom. The molecule has 0 bridgehead atoms. The molecule has 1 N–H and O–H groups in total. The molecule has 3 aromatic rings. The van der Waals surface area contributed by atoms with Gasteiger partial charge in [0.25, 0.3) is 17.4 Å². The highest BCUT2D eigenvalue weighted by atomic mass is 16.6. The molecule has 3 aromatic carbocycles. The van der Waals surface area contributed by atoms with Crippen molar-refractivity contribution >= 4 is 28.8 Å². The van der Waals surface area contributed by atoms with Crippen molar-refractivity contribution in [3.8, 4) is 11.5 Å². The molecule has 1 amide bonds. The van der Waals surface area contributed by atoms with Crippen LogP contribution < -0.4 is 14.4 Å². The maximum Gasteiger partial charge on any atom is 0.300 e. The van der Waals surface area contributed by atoms with Gasteiger partial charge in [0.1, 0.15) is 17.3 Å². The van der Waals surface area contributed by atoms with Crippen molar-refractivity contribution in [1.29, 1.82) is 0 Å². The second-order valence-electron chi connectivity index (χ2n) is 8.09. The lowest BCUT2D eigenvalue weighted by atomic mass is 9.95. The van der Waals surface area contributed by atoms with E-state index < -0.39 is 28.4 Å². The Morgan fingerprint density at radius 1 is 1.03 bits per heavy atom.